The van der Waals surface area contributed by atoms with Gasteiger partial charge in [0.05, 0.1) is 28.0 Å². The number of aromatic nitrogens is 3. The number of fused-ring (bicyclic) bond motifs is 1. The van der Waals surface area contributed by atoms with Crippen molar-refractivity contribution in [2.45, 2.75) is 125 Å². The smallest absolute Gasteiger partial charge is 0.149 e. The average molecular weight is 858 g/mol. The minimum absolute atomic E-state index is 0.0343. The van der Waals surface area contributed by atoms with Crippen molar-refractivity contribution in [3.63, 3.8) is 0 Å². The molecule has 6 aromatic carbocycles. The van der Waals surface area contributed by atoms with Crippen molar-refractivity contribution in [1.29, 1.82) is 0 Å². The summed E-state index contributed by atoms with van der Waals surface area (Å²) in [6.07, 6.45) is 1.93. The van der Waals surface area contributed by atoms with E-state index >= 15 is 0 Å². The minimum Gasteiger partial charge on any atom is -0.507 e. The van der Waals surface area contributed by atoms with Gasteiger partial charge in [-0.1, -0.05) is 174 Å². The Morgan fingerprint density at radius 3 is 1.72 bits per heavy atom. The third-order valence-electron chi connectivity index (χ3n) is 13.1. The number of nitrogens with zero attached hydrogens (tertiary/aromatic N) is 3. The molecule has 1 N–H and O–H groups in total. The van der Waals surface area contributed by atoms with Crippen molar-refractivity contribution >= 4 is 11.0 Å². The highest BCUT2D eigenvalue weighted by Crippen LogP contribution is 2.45. The van der Waals surface area contributed by atoms with Gasteiger partial charge in [-0.3, -0.25) is 9.55 Å². The Bertz CT molecular complexity index is 3030. The van der Waals surface area contributed by atoms with E-state index < -0.39 is 0 Å². The lowest BCUT2D eigenvalue weighted by molar-refractivity contribution is 0.466. The van der Waals surface area contributed by atoms with Gasteiger partial charge in [-0.2, -0.15) is 0 Å². The molecule has 8 rings (SSSR count). The fourth-order valence-electron chi connectivity index (χ4n) is 8.90. The first kappa shape index (κ1) is 45.3. The number of aromatic hydroxyl groups is 1. The third kappa shape index (κ3) is 9.06. The molecule has 2 aromatic heterocycles. The maximum Gasteiger partial charge on any atom is 0.149 e. The zero-order valence-electron chi connectivity index (χ0n) is 41.1. The van der Waals surface area contributed by atoms with E-state index in [0.29, 0.717) is 5.82 Å². The number of imidazole rings is 1. The molecular weight excluding hydrogens is 791 g/mol. The first-order valence-electron chi connectivity index (χ1n) is 23.4. The number of hydrogen-bond donors (Lipinski definition) is 1. The van der Waals surface area contributed by atoms with Crippen molar-refractivity contribution in [2.24, 2.45) is 0 Å². The van der Waals surface area contributed by atoms with Crippen LogP contribution < -0.4 is 0 Å². The number of pyridine rings is 1. The van der Waals surface area contributed by atoms with E-state index in [0.717, 1.165) is 66.9 Å². The summed E-state index contributed by atoms with van der Waals surface area (Å²) < 4.78 is 2.29. The molecule has 4 nitrogen and oxygen atoms in total. The van der Waals surface area contributed by atoms with Crippen molar-refractivity contribution in [3.05, 3.63) is 167 Å². The molecule has 0 unspecified atom stereocenters. The molecular formula is C61H67N3O. The second kappa shape index (κ2) is 16.9. The van der Waals surface area contributed by atoms with Gasteiger partial charge in [0, 0.05) is 22.9 Å². The monoisotopic (exact) mass is 858 g/mol. The van der Waals surface area contributed by atoms with Crippen LogP contribution in [0.15, 0.2) is 134 Å². The maximum atomic E-state index is 12.3. The van der Waals surface area contributed by atoms with Crippen molar-refractivity contribution in [3.8, 4) is 67.5 Å². The van der Waals surface area contributed by atoms with Crippen molar-refractivity contribution in [1.82, 2.24) is 14.5 Å². The summed E-state index contributed by atoms with van der Waals surface area (Å²) in [5.74, 6) is 1.36. The quantitative estimate of drug-likeness (QED) is 0.166. The second-order valence-corrected chi connectivity index (χ2v) is 21.9. The first-order chi connectivity index (χ1) is 30.6. The van der Waals surface area contributed by atoms with Gasteiger partial charge in [-0.05, 0) is 134 Å². The number of para-hydroxylation sites is 1. The van der Waals surface area contributed by atoms with Gasteiger partial charge < -0.3 is 5.11 Å². The summed E-state index contributed by atoms with van der Waals surface area (Å²) in [6, 6.07) is 46.7. The second-order valence-electron chi connectivity index (χ2n) is 21.9. The van der Waals surface area contributed by atoms with Gasteiger partial charge in [0.1, 0.15) is 11.6 Å². The van der Waals surface area contributed by atoms with Gasteiger partial charge in [-0.25, -0.2) is 4.98 Å². The summed E-state index contributed by atoms with van der Waals surface area (Å²) in [5, 5.41) is 12.3. The van der Waals surface area contributed by atoms with Crippen LogP contribution >= 0.6 is 0 Å². The molecule has 0 spiro atoms. The molecule has 8 aromatic rings. The number of phenolic OH excluding ortho intramolecular Hbond substituents is 1. The molecule has 0 aliphatic rings. The summed E-state index contributed by atoms with van der Waals surface area (Å²) in [4.78, 5) is 10.6. The van der Waals surface area contributed by atoms with Crippen LogP contribution in [0.2, 0.25) is 0 Å². The molecule has 0 amide bonds. The van der Waals surface area contributed by atoms with Crippen LogP contribution in [0.3, 0.4) is 0 Å². The maximum absolute atomic E-state index is 12.3. The van der Waals surface area contributed by atoms with E-state index in [2.05, 4.69) is 229 Å². The van der Waals surface area contributed by atoms with E-state index in [1.54, 1.807) is 0 Å². The summed E-state index contributed by atoms with van der Waals surface area (Å²) in [7, 11) is 0. The van der Waals surface area contributed by atoms with Crippen LogP contribution in [0, 0.1) is 6.92 Å². The summed E-state index contributed by atoms with van der Waals surface area (Å²) in [6.45, 7) is 31.2. The zero-order chi connectivity index (χ0) is 46.7. The van der Waals surface area contributed by atoms with Crippen LogP contribution in [-0.4, -0.2) is 19.6 Å². The number of hydrogen-bond acceptors (Lipinski definition) is 3. The molecule has 65 heavy (non-hydrogen) atoms. The number of rotatable bonds is 8. The van der Waals surface area contributed by atoms with Crippen LogP contribution in [0.25, 0.3) is 72.7 Å². The molecule has 0 bridgehead atoms. The molecule has 4 heteroatoms. The van der Waals surface area contributed by atoms with Crippen LogP contribution in [0.4, 0.5) is 0 Å². The number of benzene rings is 6. The molecule has 0 aliphatic heterocycles. The van der Waals surface area contributed by atoms with E-state index in [4.69, 9.17) is 9.97 Å². The molecule has 0 atom stereocenters. The third-order valence-corrected chi connectivity index (χ3v) is 13.1. The van der Waals surface area contributed by atoms with Gasteiger partial charge in [0.25, 0.3) is 0 Å². The highest BCUT2D eigenvalue weighted by atomic mass is 16.3. The van der Waals surface area contributed by atoms with Crippen LogP contribution in [0.1, 0.15) is 135 Å². The first-order valence-corrected chi connectivity index (χ1v) is 23.4. The van der Waals surface area contributed by atoms with Gasteiger partial charge in [-0.15, -0.1) is 0 Å². The summed E-state index contributed by atoms with van der Waals surface area (Å²) in [5.41, 5.74) is 19.3. The topological polar surface area (TPSA) is 50.9 Å². The molecule has 0 aliphatic carbocycles. The largest absolute Gasteiger partial charge is 0.507 e. The molecule has 332 valence electrons. The standard InChI is InChI=1S/C61H67N3O/c1-37(2)43-34-50(38(3)4)57(65)52(35-43)58-63-56-49(16-15-17-55(56)64(58)54-27-18-39(5)30-51(54)41-21-25-47(26-22-41)60(9,10)11)44-31-45(33-48(32-44)61(12,13)14)53-36-42(28-29-62-53)40-19-23-46(24-20-40)59(6,7)8/h15-38,65H,1-14H3. The predicted octanol–water partition coefficient (Wildman–Crippen LogP) is 16.9. The Balaban J connectivity index is 1.39. The van der Waals surface area contributed by atoms with Crippen LogP contribution in [-0.2, 0) is 16.2 Å². The van der Waals surface area contributed by atoms with Crippen molar-refractivity contribution < 1.29 is 5.11 Å². The van der Waals surface area contributed by atoms with Crippen molar-refractivity contribution in [2.75, 3.05) is 0 Å². The molecule has 0 saturated heterocycles. The van der Waals surface area contributed by atoms with E-state index in [-0.39, 0.29) is 33.8 Å². The lowest BCUT2D eigenvalue weighted by Crippen LogP contribution is -2.11. The highest BCUT2D eigenvalue weighted by Gasteiger charge is 2.26. The highest BCUT2D eigenvalue weighted by molar-refractivity contribution is 5.98. The average Bonchev–Trinajstić information content (AvgIpc) is 3.64. The van der Waals surface area contributed by atoms with Gasteiger partial charge in [0.2, 0.25) is 0 Å². The van der Waals surface area contributed by atoms with Gasteiger partial charge >= 0.3 is 0 Å². The molecule has 0 fully saturated rings. The molecule has 0 saturated carbocycles. The van der Waals surface area contributed by atoms with Crippen LogP contribution in [0.5, 0.6) is 5.75 Å². The lowest BCUT2D eigenvalue weighted by atomic mass is 9.83. The Hall–Kier alpha value is -6.26. The fraction of sp³-hybridized carbons (Fsp3) is 0.311. The normalized spacial score (nSPS) is 12.5. The van der Waals surface area contributed by atoms with Gasteiger partial charge in [0.15, 0.2) is 0 Å². The van der Waals surface area contributed by atoms with E-state index in [9.17, 15) is 5.11 Å². The minimum atomic E-state index is -0.140. The molecule has 2 heterocycles. The number of aryl methyl sites for hydroxylation is 1. The Morgan fingerprint density at radius 2 is 1.12 bits per heavy atom. The Labute approximate surface area is 388 Å². The van der Waals surface area contributed by atoms with E-state index in [1.165, 1.54) is 33.4 Å². The molecule has 0 radical (unpaired) electrons. The predicted molar refractivity (Wildman–Crippen MR) is 277 cm³/mol. The fourth-order valence-corrected chi connectivity index (χ4v) is 8.90. The lowest BCUT2D eigenvalue weighted by Gasteiger charge is -2.22. The zero-order valence-corrected chi connectivity index (χ0v) is 41.1. The Kier molecular flexibility index (Phi) is 11.8. The number of phenols is 1. The Morgan fingerprint density at radius 1 is 0.508 bits per heavy atom. The SMILES string of the molecule is Cc1ccc(-n2c(-c3cc(C(C)C)cc(C(C)C)c3O)nc3c(-c4cc(-c5cc(-c6ccc(C(C)(C)C)cc6)ccn5)cc(C(C)(C)C)c4)cccc32)c(-c2ccc(C(C)(C)C)cc2)c1. The van der Waals surface area contributed by atoms with E-state index in [1.807, 2.05) is 6.20 Å². The summed E-state index contributed by atoms with van der Waals surface area (Å²) >= 11 is 0.